The highest BCUT2D eigenvalue weighted by atomic mass is 16.5. The van der Waals surface area contributed by atoms with Gasteiger partial charge in [0.2, 0.25) is 0 Å². The number of aliphatic hydroxyl groups is 1. The summed E-state index contributed by atoms with van der Waals surface area (Å²) in [6.07, 6.45) is 0.320. The van der Waals surface area contributed by atoms with Crippen LogP contribution in [0.1, 0.15) is 30.0 Å². The standard InChI is InChI=1S/C19H20N2O6/c1-12(22)13-5-3-6-15(9-13)27-11-14(23)10-21-17(24)19(2,20-18(21)25)16-7-4-8-26-16/h3-9,14,23H,10-11H2,1-2H3,(H,20,25)/t14-,19-/m1/s1. The molecule has 0 unspecified atom stereocenters. The molecule has 1 fully saturated rings. The van der Waals surface area contributed by atoms with Crippen LogP contribution in [0.2, 0.25) is 0 Å². The van der Waals surface area contributed by atoms with Crippen molar-refractivity contribution in [1.82, 2.24) is 10.2 Å². The van der Waals surface area contributed by atoms with E-state index in [1.807, 2.05) is 0 Å². The minimum atomic E-state index is -1.31. The molecule has 142 valence electrons. The van der Waals surface area contributed by atoms with Gasteiger partial charge in [0.25, 0.3) is 5.91 Å². The van der Waals surface area contributed by atoms with Crippen molar-refractivity contribution in [3.63, 3.8) is 0 Å². The minimum absolute atomic E-state index is 0.0995. The number of imide groups is 1. The first kappa shape index (κ1) is 18.7. The summed E-state index contributed by atoms with van der Waals surface area (Å²) in [4.78, 5) is 37.2. The highest BCUT2D eigenvalue weighted by Gasteiger charge is 2.51. The molecule has 8 nitrogen and oxygen atoms in total. The Labute approximate surface area is 155 Å². The third-order valence-electron chi connectivity index (χ3n) is 4.37. The van der Waals surface area contributed by atoms with Gasteiger partial charge in [-0.1, -0.05) is 12.1 Å². The van der Waals surface area contributed by atoms with Gasteiger partial charge in [-0.3, -0.25) is 14.5 Å². The van der Waals surface area contributed by atoms with E-state index in [0.717, 1.165) is 4.90 Å². The first-order valence-electron chi connectivity index (χ1n) is 8.41. The predicted molar refractivity (Wildman–Crippen MR) is 94.3 cm³/mol. The van der Waals surface area contributed by atoms with Gasteiger partial charge in [-0.2, -0.15) is 0 Å². The van der Waals surface area contributed by atoms with Gasteiger partial charge < -0.3 is 19.6 Å². The number of urea groups is 1. The normalized spacial score (nSPS) is 20.5. The summed E-state index contributed by atoms with van der Waals surface area (Å²) in [6, 6.07) is 9.16. The molecule has 3 amide bonds. The molecule has 1 saturated heterocycles. The number of aliphatic hydroxyl groups excluding tert-OH is 1. The first-order valence-corrected chi connectivity index (χ1v) is 8.41. The zero-order valence-electron chi connectivity index (χ0n) is 15.0. The molecule has 2 aromatic rings. The van der Waals surface area contributed by atoms with E-state index < -0.39 is 23.6 Å². The molecule has 1 aromatic heterocycles. The Morgan fingerprint density at radius 1 is 1.33 bits per heavy atom. The van der Waals surface area contributed by atoms with Gasteiger partial charge >= 0.3 is 6.03 Å². The maximum Gasteiger partial charge on any atom is 0.325 e. The van der Waals surface area contributed by atoms with Crippen molar-refractivity contribution in [2.75, 3.05) is 13.2 Å². The van der Waals surface area contributed by atoms with E-state index in [-0.39, 0.29) is 18.9 Å². The van der Waals surface area contributed by atoms with Gasteiger partial charge in [0.15, 0.2) is 11.3 Å². The smallest absolute Gasteiger partial charge is 0.325 e. The van der Waals surface area contributed by atoms with E-state index in [1.165, 1.54) is 13.2 Å². The fourth-order valence-electron chi connectivity index (χ4n) is 2.85. The Balaban J connectivity index is 1.62. The third kappa shape index (κ3) is 3.70. The van der Waals surface area contributed by atoms with E-state index in [2.05, 4.69) is 5.32 Å². The lowest BCUT2D eigenvalue weighted by Gasteiger charge is -2.21. The fraction of sp³-hybridized carbons (Fsp3) is 0.316. The van der Waals surface area contributed by atoms with E-state index in [9.17, 15) is 19.5 Å². The zero-order chi connectivity index (χ0) is 19.6. The summed E-state index contributed by atoms with van der Waals surface area (Å²) in [7, 11) is 0. The maximum absolute atomic E-state index is 12.7. The number of β-amino-alcohol motifs (C(OH)–C–C–N with tert-alkyl or cyclic N) is 1. The largest absolute Gasteiger partial charge is 0.491 e. The number of nitrogens with one attached hydrogen (secondary N) is 1. The topological polar surface area (TPSA) is 109 Å². The molecule has 0 radical (unpaired) electrons. The van der Waals surface area contributed by atoms with E-state index in [1.54, 1.807) is 43.3 Å². The lowest BCUT2D eigenvalue weighted by Crippen LogP contribution is -2.42. The highest BCUT2D eigenvalue weighted by molar-refractivity contribution is 6.06. The molecule has 1 aliphatic heterocycles. The monoisotopic (exact) mass is 372 g/mol. The van der Waals surface area contributed by atoms with Crippen molar-refractivity contribution in [3.8, 4) is 5.75 Å². The molecule has 0 aliphatic carbocycles. The van der Waals surface area contributed by atoms with Crippen LogP contribution in [-0.2, 0) is 10.3 Å². The average Bonchev–Trinajstić information content (AvgIpc) is 3.25. The van der Waals surface area contributed by atoms with Gasteiger partial charge in [0, 0.05) is 5.56 Å². The van der Waals surface area contributed by atoms with Crippen LogP contribution in [-0.4, -0.2) is 47.0 Å². The molecule has 2 N–H and O–H groups in total. The number of Topliss-reactive ketones (excluding diaryl/α,β-unsaturated/α-hetero) is 1. The van der Waals surface area contributed by atoms with Crippen molar-refractivity contribution in [2.45, 2.75) is 25.5 Å². The van der Waals surface area contributed by atoms with Gasteiger partial charge in [-0.25, -0.2) is 4.79 Å². The third-order valence-corrected chi connectivity index (χ3v) is 4.37. The highest BCUT2D eigenvalue weighted by Crippen LogP contribution is 2.29. The Morgan fingerprint density at radius 2 is 2.11 bits per heavy atom. The summed E-state index contributed by atoms with van der Waals surface area (Å²) in [5.74, 6) is 0.118. The van der Waals surface area contributed by atoms with Gasteiger partial charge in [-0.15, -0.1) is 0 Å². The predicted octanol–water partition coefficient (Wildman–Crippen LogP) is 1.69. The average molecular weight is 372 g/mol. The lowest BCUT2D eigenvalue weighted by molar-refractivity contribution is -0.132. The van der Waals surface area contributed by atoms with Crippen molar-refractivity contribution >= 4 is 17.7 Å². The molecular formula is C19H20N2O6. The Kier molecular flexibility index (Phi) is 5.00. The number of carbonyl (C=O) groups is 3. The van der Waals surface area contributed by atoms with Gasteiger partial charge in [-0.05, 0) is 38.1 Å². The molecule has 1 aromatic carbocycles. The van der Waals surface area contributed by atoms with Crippen LogP contribution in [0, 0.1) is 0 Å². The summed E-state index contributed by atoms with van der Waals surface area (Å²) in [5.41, 5.74) is -0.818. The zero-order valence-corrected chi connectivity index (χ0v) is 15.0. The SMILES string of the molecule is CC(=O)c1cccc(OC[C@H](O)CN2C(=O)N[C@](C)(c3ccco3)C2=O)c1. The number of furan rings is 1. The number of amides is 3. The summed E-state index contributed by atoms with van der Waals surface area (Å²) < 4.78 is 10.7. The lowest BCUT2D eigenvalue weighted by atomic mass is 9.99. The number of carbonyl (C=O) groups excluding carboxylic acids is 3. The van der Waals surface area contributed by atoms with Crippen molar-refractivity contribution in [3.05, 3.63) is 54.0 Å². The Bertz CT molecular complexity index is 863. The molecule has 2 heterocycles. The second-order valence-corrected chi connectivity index (χ2v) is 6.50. The van der Waals surface area contributed by atoms with Crippen LogP contribution in [0.4, 0.5) is 4.79 Å². The fourth-order valence-corrected chi connectivity index (χ4v) is 2.85. The molecular weight excluding hydrogens is 352 g/mol. The number of ketones is 1. The quantitative estimate of drug-likeness (QED) is 0.565. The van der Waals surface area contributed by atoms with E-state index >= 15 is 0 Å². The van der Waals surface area contributed by atoms with Crippen LogP contribution >= 0.6 is 0 Å². The van der Waals surface area contributed by atoms with E-state index in [0.29, 0.717) is 17.1 Å². The molecule has 0 spiro atoms. The minimum Gasteiger partial charge on any atom is -0.491 e. The second-order valence-electron chi connectivity index (χ2n) is 6.50. The number of nitrogens with zero attached hydrogens (tertiary/aromatic N) is 1. The number of ether oxygens (including phenoxy) is 1. The molecule has 3 rings (SSSR count). The molecule has 0 bridgehead atoms. The van der Waals surface area contributed by atoms with Gasteiger partial charge in [0.05, 0.1) is 12.8 Å². The molecule has 27 heavy (non-hydrogen) atoms. The van der Waals surface area contributed by atoms with E-state index in [4.69, 9.17) is 9.15 Å². The summed E-state index contributed by atoms with van der Waals surface area (Å²) in [6.45, 7) is 2.62. The molecule has 8 heteroatoms. The first-order chi connectivity index (χ1) is 12.8. The second kappa shape index (κ2) is 7.24. The van der Waals surface area contributed by atoms with Crippen LogP contribution in [0.3, 0.4) is 0 Å². The Hall–Kier alpha value is -3.13. The number of rotatable bonds is 7. The van der Waals surface area contributed by atoms with Crippen molar-refractivity contribution in [2.24, 2.45) is 0 Å². The molecule has 2 atom stereocenters. The summed E-state index contributed by atoms with van der Waals surface area (Å²) in [5, 5.41) is 12.8. The summed E-state index contributed by atoms with van der Waals surface area (Å²) >= 11 is 0. The number of benzene rings is 1. The Morgan fingerprint density at radius 3 is 2.78 bits per heavy atom. The van der Waals surface area contributed by atoms with Crippen molar-refractivity contribution in [1.29, 1.82) is 0 Å². The van der Waals surface area contributed by atoms with Crippen LogP contribution in [0.25, 0.3) is 0 Å². The molecule has 0 saturated carbocycles. The number of hydrogen-bond acceptors (Lipinski definition) is 6. The van der Waals surface area contributed by atoms with Crippen LogP contribution < -0.4 is 10.1 Å². The maximum atomic E-state index is 12.7. The van der Waals surface area contributed by atoms with Crippen LogP contribution in [0.5, 0.6) is 5.75 Å². The molecule has 1 aliphatic rings. The van der Waals surface area contributed by atoms with Crippen molar-refractivity contribution < 1.29 is 28.6 Å². The van der Waals surface area contributed by atoms with Crippen LogP contribution in [0.15, 0.2) is 47.1 Å². The van der Waals surface area contributed by atoms with Gasteiger partial charge in [0.1, 0.15) is 24.2 Å². The number of hydrogen-bond donors (Lipinski definition) is 2.